The van der Waals surface area contributed by atoms with Crippen molar-refractivity contribution in [2.45, 2.75) is 13.0 Å². The van der Waals surface area contributed by atoms with Crippen molar-refractivity contribution in [2.24, 2.45) is 0 Å². The molecular formula is C12H9F4N3OS. The number of carbonyl (C=O) groups is 1. The van der Waals surface area contributed by atoms with Gasteiger partial charge in [0.15, 0.2) is 5.69 Å². The Hall–Kier alpha value is -2.03. The molecule has 0 atom stereocenters. The summed E-state index contributed by atoms with van der Waals surface area (Å²) in [5.74, 6) is -2.29. The van der Waals surface area contributed by atoms with Crippen LogP contribution in [0.4, 0.5) is 17.6 Å². The zero-order chi connectivity index (χ0) is 15.6. The fourth-order valence-corrected chi connectivity index (χ4v) is 2.38. The molecule has 112 valence electrons. The summed E-state index contributed by atoms with van der Waals surface area (Å²) in [6, 6.07) is 2.82. The molecule has 0 saturated carbocycles. The Balaban J connectivity index is 2.17. The van der Waals surface area contributed by atoms with Crippen molar-refractivity contribution in [1.82, 2.24) is 14.5 Å². The van der Waals surface area contributed by atoms with Crippen molar-refractivity contribution in [3.05, 3.63) is 46.0 Å². The fraction of sp³-hybridized carbons (Fsp3) is 0.250. The predicted molar refractivity (Wildman–Crippen MR) is 67.0 cm³/mol. The number of hydrogen-bond donors (Lipinski definition) is 0. The summed E-state index contributed by atoms with van der Waals surface area (Å²) in [4.78, 5) is 12.8. The number of benzene rings is 1. The van der Waals surface area contributed by atoms with Gasteiger partial charge >= 0.3 is 0 Å². The van der Waals surface area contributed by atoms with Gasteiger partial charge in [0.25, 0.3) is 12.3 Å². The third-order valence-electron chi connectivity index (χ3n) is 2.60. The molecule has 1 amide bonds. The van der Waals surface area contributed by atoms with Gasteiger partial charge in [-0.2, -0.15) is 0 Å². The first-order valence-corrected chi connectivity index (χ1v) is 6.46. The minimum Gasteiger partial charge on any atom is -0.337 e. The van der Waals surface area contributed by atoms with E-state index >= 15 is 0 Å². The first-order valence-electron chi connectivity index (χ1n) is 5.69. The highest BCUT2D eigenvalue weighted by molar-refractivity contribution is 7.08. The second-order valence-electron chi connectivity index (χ2n) is 4.23. The van der Waals surface area contributed by atoms with Crippen molar-refractivity contribution in [3.8, 4) is 0 Å². The lowest BCUT2D eigenvalue weighted by molar-refractivity contribution is 0.0776. The maximum atomic E-state index is 13.1. The standard InChI is InChI=1S/C12H9F4N3OS/c1-19(5-6-2-7(13)4-8(14)3-6)12(20)10-9(11(15)16)17-18-21-10/h2-4,11H,5H2,1H3. The summed E-state index contributed by atoms with van der Waals surface area (Å²) in [7, 11) is 1.33. The smallest absolute Gasteiger partial charge is 0.283 e. The van der Waals surface area contributed by atoms with Gasteiger partial charge in [-0.05, 0) is 29.2 Å². The number of halogens is 4. The molecule has 1 heterocycles. The summed E-state index contributed by atoms with van der Waals surface area (Å²) in [6.45, 7) is -0.131. The number of hydrogen-bond acceptors (Lipinski definition) is 4. The number of amides is 1. The van der Waals surface area contributed by atoms with Crippen LogP contribution >= 0.6 is 11.5 Å². The normalized spacial score (nSPS) is 11.0. The topological polar surface area (TPSA) is 46.1 Å². The van der Waals surface area contributed by atoms with Gasteiger partial charge in [-0.25, -0.2) is 17.6 Å². The second-order valence-corrected chi connectivity index (χ2v) is 4.98. The van der Waals surface area contributed by atoms with Crippen LogP contribution in [0.25, 0.3) is 0 Å². The average molecular weight is 319 g/mol. The molecule has 1 aromatic carbocycles. The lowest BCUT2D eigenvalue weighted by Gasteiger charge is -2.16. The van der Waals surface area contributed by atoms with Gasteiger partial charge in [0.05, 0.1) is 0 Å². The molecule has 9 heteroatoms. The number of aromatic nitrogens is 2. The Morgan fingerprint density at radius 2 is 1.90 bits per heavy atom. The summed E-state index contributed by atoms with van der Waals surface area (Å²) in [5, 5.41) is 3.21. The van der Waals surface area contributed by atoms with E-state index in [2.05, 4.69) is 9.59 Å². The highest BCUT2D eigenvalue weighted by atomic mass is 32.1. The van der Waals surface area contributed by atoms with E-state index in [9.17, 15) is 22.4 Å². The lowest BCUT2D eigenvalue weighted by Crippen LogP contribution is -2.26. The fourth-order valence-electron chi connectivity index (χ4n) is 1.71. The van der Waals surface area contributed by atoms with Crippen LogP contribution in [-0.2, 0) is 6.54 Å². The first kappa shape index (κ1) is 15.4. The number of rotatable bonds is 4. The molecule has 0 fully saturated rings. The maximum absolute atomic E-state index is 13.1. The molecule has 0 N–H and O–H groups in total. The van der Waals surface area contributed by atoms with E-state index in [0.29, 0.717) is 17.6 Å². The van der Waals surface area contributed by atoms with Crippen LogP contribution < -0.4 is 0 Å². The van der Waals surface area contributed by atoms with E-state index in [1.165, 1.54) is 7.05 Å². The molecular weight excluding hydrogens is 310 g/mol. The van der Waals surface area contributed by atoms with E-state index in [0.717, 1.165) is 17.0 Å². The van der Waals surface area contributed by atoms with E-state index < -0.39 is 29.7 Å². The largest absolute Gasteiger partial charge is 0.337 e. The molecule has 0 unspecified atom stereocenters. The Labute approximate surface area is 121 Å². The Bertz CT molecular complexity index is 641. The van der Waals surface area contributed by atoms with Crippen LogP contribution in [0.5, 0.6) is 0 Å². The molecule has 0 aliphatic rings. The third kappa shape index (κ3) is 3.54. The van der Waals surface area contributed by atoms with Gasteiger partial charge < -0.3 is 4.90 Å². The highest BCUT2D eigenvalue weighted by Gasteiger charge is 2.25. The van der Waals surface area contributed by atoms with E-state index in [1.54, 1.807) is 0 Å². The monoisotopic (exact) mass is 319 g/mol. The van der Waals surface area contributed by atoms with Crippen molar-refractivity contribution in [3.63, 3.8) is 0 Å². The van der Waals surface area contributed by atoms with Crippen molar-refractivity contribution in [2.75, 3.05) is 7.05 Å². The molecule has 2 aromatic rings. The molecule has 0 aliphatic carbocycles. The van der Waals surface area contributed by atoms with E-state index in [-0.39, 0.29) is 17.0 Å². The Kier molecular flexibility index (Phi) is 4.51. The second kappa shape index (κ2) is 6.17. The number of carbonyl (C=O) groups excluding carboxylic acids is 1. The summed E-state index contributed by atoms with van der Waals surface area (Å²) >= 11 is 0.551. The highest BCUT2D eigenvalue weighted by Crippen LogP contribution is 2.24. The molecule has 0 radical (unpaired) electrons. The summed E-state index contributed by atoms with van der Waals surface area (Å²) < 4.78 is 54.8. The molecule has 2 rings (SSSR count). The average Bonchev–Trinajstić information content (AvgIpc) is 2.85. The minimum absolute atomic E-state index is 0.131. The molecule has 4 nitrogen and oxygen atoms in total. The molecule has 21 heavy (non-hydrogen) atoms. The predicted octanol–water partition coefficient (Wildman–Crippen LogP) is 3.03. The van der Waals surface area contributed by atoms with Crippen molar-refractivity contribution < 1.29 is 22.4 Å². The Morgan fingerprint density at radius 1 is 1.29 bits per heavy atom. The third-order valence-corrected chi connectivity index (χ3v) is 3.33. The first-order chi connectivity index (χ1) is 9.88. The van der Waals surface area contributed by atoms with Gasteiger partial charge in [-0.3, -0.25) is 4.79 Å². The summed E-state index contributed by atoms with van der Waals surface area (Å²) in [6.07, 6.45) is -2.91. The van der Waals surface area contributed by atoms with Crippen LogP contribution in [0.2, 0.25) is 0 Å². The van der Waals surface area contributed by atoms with E-state index in [4.69, 9.17) is 0 Å². The quantitative estimate of drug-likeness (QED) is 0.814. The molecule has 0 spiro atoms. The van der Waals surface area contributed by atoms with Gasteiger partial charge in [-0.1, -0.05) is 4.49 Å². The zero-order valence-electron chi connectivity index (χ0n) is 10.7. The number of nitrogens with zero attached hydrogens (tertiary/aromatic N) is 3. The van der Waals surface area contributed by atoms with Crippen molar-refractivity contribution in [1.29, 1.82) is 0 Å². The Morgan fingerprint density at radius 3 is 2.48 bits per heavy atom. The van der Waals surface area contributed by atoms with Crippen LogP contribution in [0.15, 0.2) is 18.2 Å². The molecule has 0 aliphatic heterocycles. The van der Waals surface area contributed by atoms with Crippen LogP contribution in [0.3, 0.4) is 0 Å². The van der Waals surface area contributed by atoms with Gasteiger partial charge in [0, 0.05) is 19.7 Å². The van der Waals surface area contributed by atoms with Crippen molar-refractivity contribution >= 4 is 17.4 Å². The molecule has 1 aromatic heterocycles. The van der Waals surface area contributed by atoms with E-state index in [1.807, 2.05) is 0 Å². The summed E-state index contributed by atoms with van der Waals surface area (Å²) in [5.41, 5.74) is -0.485. The number of alkyl halides is 2. The molecule has 0 saturated heterocycles. The molecule has 0 bridgehead atoms. The van der Waals surface area contributed by atoms with Gasteiger partial charge in [0.1, 0.15) is 16.5 Å². The lowest BCUT2D eigenvalue weighted by atomic mass is 10.2. The van der Waals surface area contributed by atoms with Crippen LogP contribution in [0, 0.1) is 11.6 Å². The SMILES string of the molecule is CN(Cc1cc(F)cc(F)c1)C(=O)c1snnc1C(F)F. The van der Waals surface area contributed by atoms with Crippen LogP contribution in [0.1, 0.15) is 27.4 Å². The van der Waals surface area contributed by atoms with Gasteiger partial charge in [0.2, 0.25) is 0 Å². The zero-order valence-corrected chi connectivity index (χ0v) is 11.5. The van der Waals surface area contributed by atoms with Crippen LogP contribution in [-0.4, -0.2) is 27.4 Å². The van der Waals surface area contributed by atoms with Gasteiger partial charge in [-0.15, -0.1) is 5.10 Å². The maximum Gasteiger partial charge on any atom is 0.283 e. The minimum atomic E-state index is -2.91.